The summed E-state index contributed by atoms with van der Waals surface area (Å²) in [4.78, 5) is 19.0. The number of thioether (sulfide) groups is 1. The highest BCUT2D eigenvalue weighted by molar-refractivity contribution is 7.99. The number of para-hydroxylation sites is 1. The molecule has 7 heteroatoms. The number of carbonyl (C=O) groups excluding carboxylic acids is 1. The molecule has 128 valence electrons. The Hall–Kier alpha value is -2.15. The van der Waals surface area contributed by atoms with E-state index in [1.165, 1.54) is 0 Å². The highest BCUT2D eigenvalue weighted by atomic mass is 32.2. The Kier molecular flexibility index (Phi) is 5.30. The molecule has 24 heavy (non-hydrogen) atoms. The zero-order valence-corrected chi connectivity index (χ0v) is 14.8. The molecule has 0 radical (unpaired) electrons. The molecule has 1 aromatic heterocycles. The zero-order chi connectivity index (χ0) is 16.9. The summed E-state index contributed by atoms with van der Waals surface area (Å²) >= 11 is 1.88. The number of carbonyl (C=O) groups is 1. The molecule has 1 saturated heterocycles. The molecule has 2 amide bonds. The van der Waals surface area contributed by atoms with Gasteiger partial charge in [-0.05, 0) is 6.07 Å². The van der Waals surface area contributed by atoms with Gasteiger partial charge in [-0.2, -0.15) is 11.8 Å². The van der Waals surface area contributed by atoms with Crippen molar-refractivity contribution in [1.82, 2.24) is 19.8 Å². The molecule has 0 saturated carbocycles. The first-order valence-corrected chi connectivity index (χ1v) is 9.09. The van der Waals surface area contributed by atoms with Crippen molar-refractivity contribution in [2.75, 3.05) is 31.7 Å². The standard InChI is InChI=1S/C17H22N4O2S/c1-20-8-7-18-16(20)15(13-5-3-4-6-14(13)23-2)19-17(22)21-9-11-24-12-10-21/h3-8,15H,9-12H2,1-2H3,(H,19,22). The number of rotatable bonds is 4. The van der Waals surface area contributed by atoms with Crippen LogP contribution in [0.5, 0.6) is 5.75 Å². The van der Waals surface area contributed by atoms with Crippen molar-refractivity contribution < 1.29 is 9.53 Å². The number of aromatic nitrogens is 2. The van der Waals surface area contributed by atoms with Crippen molar-refractivity contribution in [3.05, 3.63) is 48.0 Å². The van der Waals surface area contributed by atoms with Crippen LogP contribution in [0.1, 0.15) is 17.4 Å². The second-order valence-electron chi connectivity index (χ2n) is 5.62. The smallest absolute Gasteiger partial charge is 0.318 e. The van der Waals surface area contributed by atoms with Gasteiger partial charge in [-0.25, -0.2) is 9.78 Å². The Morgan fingerprint density at radius 3 is 2.75 bits per heavy atom. The lowest BCUT2D eigenvalue weighted by atomic mass is 10.0. The Morgan fingerprint density at radius 2 is 2.08 bits per heavy atom. The maximum atomic E-state index is 12.7. The fourth-order valence-corrected chi connectivity index (χ4v) is 3.73. The number of imidazole rings is 1. The molecule has 1 atom stereocenters. The fourth-order valence-electron chi connectivity index (χ4n) is 2.82. The first-order chi connectivity index (χ1) is 11.7. The summed E-state index contributed by atoms with van der Waals surface area (Å²) in [5.74, 6) is 3.48. The molecule has 1 aliphatic heterocycles. The maximum absolute atomic E-state index is 12.7. The van der Waals surface area contributed by atoms with Crippen LogP contribution in [0.25, 0.3) is 0 Å². The van der Waals surface area contributed by atoms with E-state index >= 15 is 0 Å². The van der Waals surface area contributed by atoms with Crippen LogP contribution < -0.4 is 10.1 Å². The molecule has 3 rings (SSSR count). The number of methoxy groups -OCH3 is 1. The maximum Gasteiger partial charge on any atom is 0.318 e. The normalized spacial score (nSPS) is 15.8. The first-order valence-electron chi connectivity index (χ1n) is 7.94. The molecule has 0 bridgehead atoms. The second kappa shape index (κ2) is 7.61. The SMILES string of the molecule is COc1ccccc1C(NC(=O)N1CCSCC1)c1nccn1C. The number of hydrogen-bond donors (Lipinski definition) is 1. The Balaban J connectivity index is 1.91. The first kappa shape index (κ1) is 16.7. The van der Waals surface area contributed by atoms with Gasteiger partial charge in [-0.15, -0.1) is 0 Å². The van der Waals surface area contributed by atoms with Gasteiger partial charge in [0.15, 0.2) is 0 Å². The average Bonchev–Trinajstić information content (AvgIpc) is 3.06. The Morgan fingerprint density at radius 1 is 1.33 bits per heavy atom. The van der Waals surface area contributed by atoms with Crippen LogP contribution >= 0.6 is 11.8 Å². The summed E-state index contributed by atoms with van der Waals surface area (Å²) in [6.45, 7) is 1.55. The van der Waals surface area contributed by atoms with E-state index < -0.39 is 0 Å². The molecule has 0 aliphatic carbocycles. The average molecular weight is 346 g/mol. The number of hydrogen-bond acceptors (Lipinski definition) is 4. The molecule has 1 fully saturated rings. The lowest BCUT2D eigenvalue weighted by Crippen LogP contribution is -2.46. The van der Waals surface area contributed by atoms with Crippen LogP contribution in [0.2, 0.25) is 0 Å². The second-order valence-corrected chi connectivity index (χ2v) is 6.84. The Bertz CT molecular complexity index is 697. The molecule has 2 aromatic rings. The highest BCUT2D eigenvalue weighted by Crippen LogP contribution is 2.29. The largest absolute Gasteiger partial charge is 0.496 e. The topological polar surface area (TPSA) is 59.4 Å². The minimum atomic E-state index is -0.358. The number of aryl methyl sites for hydroxylation is 1. The lowest BCUT2D eigenvalue weighted by molar-refractivity contribution is 0.200. The summed E-state index contributed by atoms with van der Waals surface area (Å²) in [7, 11) is 3.56. The van der Waals surface area contributed by atoms with E-state index in [2.05, 4.69) is 10.3 Å². The van der Waals surface area contributed by atoms with Crippen molar-refractivity contribution in [2.24, 2.45) is 7.05 Å². The van der Waals surface area contributed by atoms with Crippen LogP contribution in [0.15, 0.2) is 36.7 Å². The summed E-state index contributed by atoms with van der Waals surface area (Å²) in [6.07, 6.45) is 3.61. The fraction of sp³-hybridized carbons (Fsp3) is 0.412. The van der Waals surface area contributed by atoms with E-state index in [-0.39, 0.29) is 12.1 Å². The van der Waals surface area contributed by atoms with Gasteiger partial charge in [0.2, 0.25) is 0 Å². The van der Waals surface area contributed by atoms with Gasteiger partial charge < -0.3 is 19.5 Å². The van der Waals surface area contributed by atoms with Crippen molar-refractivity contribution in [3.8, 4) is 5.75 Å². The minimum Gasteiger partial charge on any atom is -0.496 e. The number of nitrogens with one attached hydrogen (secondary N) is 1. The van der Waals surface area contributed by atoms with Crippen LogP contribution in [-0.4, -0.2) is 52.2 Å². The third-order valence-corrected chi connectivity index (χ3v) is 5.08. The van der Waals surface area contributed by atoms with Crippen molar-refractivity contribution in [3.63, 3.8) is 0 Å². The number of nitrogens with zero attached hydrogens (tertiary/aromatic N) is 3. The van der Waals surface area contributed by atoms with Crippen molar-refractivity contribution in [2.45, 2.75) is 6.04 Å². The third-order valence-electron chi connectivity index (χ3n) is 4.13. The van der Waals surface area contributed by atoms with E-state index in [0.717, 1.165) is 41.7 Å². The Labute approximate surface area is 146 Å². The van der Waals surface area contributed by atoms with Gasteiger partial charge in [0, 0.05) is 49.6 Å². The predicted octanol–water partition coefficient (Wildman–Crippen LogP) is 2.28. The van der Waals surface area contributed by atoms with Gasteiger partial charge in [0.1, 0.15) is 17.6 Å². The molecular weight excluding hydrogens is 324 g/mol. The molecule has 1 N–H and O–H groups in total. The number of urea groups is 1. The molecule has 1 unspecified atom stereocenters. The van der Waals surface area contributed by atoms with E-state index in [1.807, 2.05) is 58.7 Å². The molecule has 1 aliphatic rings. The summed E-state index contributed by atoms with van der Waals surface area (Å²) in [5.41, 5.74) is 0.897. The summed E-state index contributed by atoms with van der Waals surface area (Å²) < 4.78 is 7.41. The molecule has 2 heterocycles. The monoisotopic (exact) mass is 346 g/mol. The highest BCUT2D eigenvalue weighted by Gasteiger charge is 2.26. The van der Waals surface area contributed by atoms with Crippen LogP contribution in [-0.2, 0) is 7.05 Å². The molecule has 0 spiro atoms. The van der Waals surface area contributed by atoms with E-state index in [9.17, 15) is 4.79 Å². The van der Waals surface area contributed by atoms with Gasteiger partial charge in [0.25, 0.3) is 0 Å². The third kappa shape index (κ3) is 3.51. The van der Waals surface area contributed by atoms with Gasteiger partial charge in [-0.1, -0.05) is 18.2 Å². The quantitative estimate of drug-likeness (QED) is 0.923. The van der Waals surface area contributed by atoms with Crippen LogP contribution in [0.3, 0.4) is 0 Å². The van der Waals surface area contributed by atoms with Gasteiger partial charge in [0.05, 0.1) is 7.11 Å². The van der Waals surface area contributed by atoms with Crippen LogP contribution in [0, 0.1) is 0 Å². The van der Waals surface area contributed by atoms with Gasteiger partial charge in [-0.3, -0.25) is 0 Å². The lowest BCUT2D eigenvalue weighted by Gasteiger charge is -2.29. The molecule has 1 aromatic carbocycles. The minimum absolute atomic E-state index is 0.0609. The van der Waals surface area contributed by atoms with Crippen LogP contribution in [0.4, 0.5) is 4.79 Å². The van der Waals surface area contributed by atoms with E-state index in [1.54, 1.807) is 13.3 Å². The van der Waals surface area contributed by atoms with E-state index in [4.69, 9.17) is 4.74 Å². The van der Waals surface area contributed by atoms with Crippen molar-refractivity contribution in [1.29, 1.82) is 0 Å². The zero-order valence-electron chi connectivity index (χ0n) is 13.9. The molecular formula is C17H22N4O2S. The van der Waals surface area contributed by atoms with Crippen molar-refractivity contribution >= 4 is 17.8 Å². The predicted molar refractivity (Wildman–Crippen MR) is 95.5 cm³/mol. The van der Waals surface area contributed by atoms with Gasteiger partial charge >= 0.3 is 6.03 Å². The number of benzene rings is 1. The molecule has 6 nitrogen and oxygen atoms in total. The number of amides is 2. The van der Waals surface area contributed by atoms with E-state index in [0.29, 0.717) is 0 Å². The number of ether oxygens (including phenoxy) is 1. The summed E-state index contributed by atoms with van der Waals surface area (Å²) in [5, 5.41) is 3.14. The summed E-state index contributed by atoms with van der Waals surface area (Å²) in [6, 6.07) is 7.30.